The molecule has 134 valence electrons. The number of ether oxygens (including phenoxy) is 1. The smallest absolute Gasteiger partial charge is 0.316 e. The molecule has 2 aromatic carbocycles. The Morgan fingerprint density at radius 1 is 1.00 bits per heavy atom. The molecule has 0 spiro atoms. The van der Waals surface area contributed by atoms with Crippen LogP contribution in [0.25, 0.3) is 0 Å². The standard InChI is InChI=1S/C19H19FO3.C2H6/c1-13-3-8-15(9-4-13)18(21)17(19(22)23-2)12-7-14-5-10-16(20)11-6-14;1-2/h3-6,8-11,17H,7,12H2,1-2H3;1-2H3. The van der Waals surface area contributed by atoms with Crippen molar-refractivity contribution in [2.24, 2.45) is 5.92 Å². The van der Waals surface area contributed by atoms with E-state index in [2.05, 4.69) is 0 Å². The molecule has 0 amide bonds. The van der Waals surface area contributed by atoms with E-state index < -0.39 is 11.9 Å². The van der Waals surface area contributed by atoms with Gasteiger partial charge in [-0.05, 0) is 37.5 Å². The lowest BCUT2D eigenvalue weighted by Crippen LogP contribution is -2.26. The highest BCUT2D eigenvalue weighted by atomic mass is 19.1. The monoisotopic (exact) mass is 344 g/mol. The molecule has 1 atom stereocenters. The van der Waals surface area contributed by atoms with Crippen LogP contribution in [0.4, 0.5) is 4.39 Å². The molecule has 2 rings (SSSR count). The number of methoxy groups -OCH3 is 1. The maximum Gasteiger partial charge on any atom is 0.316 e. The largest absolute Gasteiger partial charge is 0.468 e. The Labute approximate surface area is 148 Å². The van der Waals surface area contributed by atoms with Crippen molar-refractivity contribution >= 4 is 11.8 Å². The molecule has 0 saturated heterocycles. The van der Waals surface area contributed by atoms with E-state index in [1.165, 1.54) is 19.2 Å². The fourth-order valence-corrected chi connectivity index (χ4v) is 2.38. The highest BCUT2D eigenvalue weighted by Crippen LogP contribution is 2.18. The van der Waals surface area contributed by atoms with E-state index >= 15 is 0 Å². The number of halogens is 1. The quantitative estimate of drug-likeness (QED) is 0.431. The van der Waals surface area contributed by atoms with E-state index in [0.29, 0.717) is 18.4 Å². The van der Waals surface area contributed by atoms with Crippen LogP contribution in [0.1, 0.15) is 41.8 Å². The molecule has 2 aromatic rings. The zero-order valence-corrected chi connectivity index (χ0v) is 15.2. The van der Waals surface area contributed by atoms with E-state index in [9.17, 15) is 14.0 Å². The lowest BCUT2D eigenvalue weighted by atomic mass is 9.91. The van der Waals surface area contributed by atoms with Crippen LogP contribution in [0.2, 0.25) is 0 Å². The van der Waals surface area contributed by atoms with Crippen molar-refractivity contribution in [3.8, 4) is 0 Å². The molecule has 0 N–H and O–H groups in total. The average molecular weight is 344 g/mol. The highest BCUT2D eigenvalue weighted by Gasteiger charge is 2.28. The van der Waals surface area contributed by atoms with Crippen molar-refractivity contribution in [3.63, 3.8) is 0 Å². The van der Waals surface area contributed by atoms with Gasteiger partial charge in [-0.1, -0.05) is 55.8 Å². The van der Waals surface area contributed by atoms with Gasteiger partial charge in [0.25, 0.3) is 0 Å². The van der Waals surface area contributed by atoms with Crippen LogP contribution < -0.4 is 0 Å². The van der Waals surface area contributed by atoms with Gasteiger partial charge in [-0.15, -0.1) is 0 Å². The van der Waals surface area contributed by atoms with Crippen LogP contribution >= 0.6 is 0 Å². The fourth-order valence-electron chi connectivity index (χ4n) is 2.38. The molecule has 0 aliphatic heterocycles. The Morgan fingerprint density at radius 2 is 1.56 bits per heavy atom. The number of benzene rings is 2. The zero-order chi connectivity index (χ0) is 18.8. The summed E-state index contributed by atoms with van der Waals surface area (Å²) in [5, 5.41) is 0. The number of esters is 1. The molecule has 1 unspecified atom stereocenters. The summed E-state index contributed by atoms with van der Waals surface area (Å²) >= 11 is 0. The van der Waals surface area contributed by atoms with Crippen molar-refractivity contribution in [3.05, 3.63) is 71.0 Å². The molecular weight excluding hydrogens is 319 g/mol. The van der Waals surface area contributed by atoms with Crippen LogP contribution in [0, 0.1) is 18.7 Å². The summed E-state index contributed by atoms with van der Waals surface area (Å²) in [7, 11) is 1.27. The number of aryl methyl sites for hydroxylation is 2. The van der Waals surface area contributed by atoms with Gasteiger partial charge >= 0.3 is 5.97 Å². The molecule has 0 saturated carbocycles. The van der Waals surface area contributed by atoms with Gasteiger partial charge in [0.05, 0.1) is 7.11 Å². The molecular formula is C21H25FO3. The van der Waals surface area contributed by atoms with Crippen molar-refractivity contribution in [1.82, 2.24) is 0 Å². The predicted octanol–water partition coefficient (Wildman–Crippen LogP) is 4.77. The third kappa shape index (κ3) is 6.14. The second-order valence-corrected chi connectivity index (χ2v) is 5.47. The van der Waals surface area contributed by atoms with E-state index in [1.54, 1.807) is 24.3 Å². The van der Waals surface area contributed by atoms with Crippen LogP contribution in [0.3, 0.4) is 0 Å². The van der Waals surface area contributed by atoms with E-state index in [-0.39, 0.29) is 11.6 Å². The second-order valence-electron chi connectivity index (χ2n) is 5.47. The number of Topliss-reactive ketones (excluding diaryl/α,β-unsaturated/α-hetero) is 1. The molecule has 0 bridgehead atoms. The number of hydrogen-bond acceptors (Lipinski definition) is 3. The van der Waals surface area contributed by atoms with Crippen LogP contribution in [0.5, 0.6) is 0 Å². The molecule has 4 heteroatoms. The maximum atomic E-state index is 12.9. The number of ketones is 1. The van der Waals surface area contributed by atoms with Crippen molar-refractivity contribution in [2.45, 2.75) is 33.6 Å². The van der Waals surface area contributed by atoms with E-state index in [0.717, 1.165) is 11.1 Å². The van der Waals surface area contributed by atoms with Gasteiger partial charge in [0.1, 0.15) is 11.7 Å². The van der Waals surface area contributed by atoms with E-state index in [1.807, 2.05) is 32.9 Å². The molecule has 3 nitrogen and oxygen atoms in total. The van der Waals surface area contributed by atoms with Crippen LogP contribution in [0.15, 0.2) is 48.5 Å². The zero-order valence-electron chi connectivity index (χ0n) is 15.2. The highest BCUT2D eigenvalue weighted by molar-refractivity contribution is 6.08. The third-order valence-corrected chi connectivity index (χ3v) is 3.77. The summed E-state index contributed by atoms with van der Waals surface area (Å²) in [6, 6.07) is 13.1. The summed E-state index contributed by atoms with van der Waals surface area (Å²) in [5.74, 6) is -1.96. The first-order valence-electron chi connectivity index (χ1n) is 8.44. The van der Waals surface area contributed by atoms with Gasteiger partial charge < -0.3 is 4.74 Å². The van der Waals surface area contributed by atoms with Crippen molar-refractivity contribution in [1.29, 1.82) is 0 Å². The topological polar surface area (TPSA) is 43.4 Å². The van der Waals surface area contributed by atoms with Gasteiger partial charge in [0.2, 0.25) is 0 Å². The first kappa shape index (κ1) is 20.6. The number of carbonyl (C=O) groups is 2. The van der Waals surface area contributed by atoms with Gasteiger partial charge in [-0.2, -0.15) is 0 Å². The number of rotatable bonds is 6. The first-order chi connectivity index (χ1) is 12.0. The summed E-state index contributed by atoms with van der Waals surface area (Å²) in [6.07, 6.45) is 0.822. The molecule has 0 heterocycles. The fraction of sp³-hybridized carbons (Fsp3) is 0.333. The Kier molecular flexibility index (Phi) is 8.54. The van der Waals surface area contributed by atoms with Crippen molar-refractivity contribution in [2.75, 3.05) is 7.11 Å². The van der Waals surface area contributed by atoms with E-state index in [4.69, 9.17) is 4.74 Å². The third-order valence-electron chi connectivity index (χ3n) is 3.77. The molecule has 0 aliphatic carbocycles. The first-order valence-corrected chi connectivity index (χ1v) is 8.44. The predicted molar refractivity (Wildman–Crippen MR) is 97.1 cm³/mol. The minimum Gasteiger partial charge on any atom is -0.468 e. The lowest BCUT2D eigenvalue weighted by molar-refractivity contribution is -0.143. The van der Waals surface area contributed by atoms with Crippen molar-refractivity contribution < 1.29 is 18.7 Å². The Balaban J connectivity index is 0.00000151. The minimum atomic E-state index is -0.854. The number of hydrogen-bond donors (Lipinski definition) is 0. The van der Waals surface area contributed by atoms with Gasteiger partial charge in [-0.3, -0.25) is 9.59 Å². The molecule has 0 fully saturated rings. The Morgan fingerprint density at radius 3 is 2.08 bits per heavy atom. The molecule has 0 aliphatic rings. The second kappa shape index (κ2) is 10.4. The lowest BCUT2D eigenvalue weighted by Gasteiger charge is -2.14. The van der Waals surface area contributed by atoms with Crippen LogP contribution in [-0.2, 0) is 16.0 Å². The summed E-state index contributed by atoms with van der Waals surface area (Å²) in [4.78, 5) is 24.5. The number of carbonyl (C=O) groups excluding carboxylic acids is 2. The average Bonchev–Trinajstić information content (AvgIpc) is 2.65. The SMILES string of the molecule is CC.COC(=O)C(CCc1ccc(F)cc1)C(=O)c1ccc(C)cc1. The van der Waals surface area contributed by atoms with Gasteiger partial charge in [0, 0.05) is 5.56 Å². The normalized spacial score (nSPS) is 11.1. The molecule has 25 heavy (non-hydrogen) atoms. The van der Waals surface area contributed by atoms with Gasteiger partial charge in [-0.25, -0.2) is 4.39 Å². The molecule has 0 aromatic heterocycles. The summed E-state index contributed by atoms with van der Waals surface area (Å²) in [6.45, 7) is 5.93. The summed E-state index contributed by atoms with van der Waals surface area (Å²) < 4.78 is 17.7. The van der Waals surface area contributed by atoms with Crippen LogP contribution in [-0.4, -0.2) is 18.9 Å². The minimum absolute atomic E-state index is 0.251. The molecule has 0 radical (unpaired) electrons. The van der Waals surface area contributed by atoms with Gasteiger partial charge in [0.15, 0.2) is 5.78 Å². The summed E-state index contributed by atoms with van der Waals surface area (Å²) in [5.41, 5.74) is 2.41. The maximum absolute atomic E-state index is 12.9. The Hall–Kier alpha value is -2.49. The Bertz CT molecular complexity index is 675.